The van der Waals surface area contributed by atoms with Gasteiger partial charge in [-0.1, -0.05) is 32.3 Å². The number of quaternary nitrogens is 2. The SMILES string of the molecule is CCCCCCOc1nsnc1C1=CCC[N+](C)([C@@H](C)OC(=O)[C@@H]([NH3+])Cc2cnc[nH]2)C1. The van der Waals surface area contributed by atoms with Gasteiger partial charge in [0.15, 0.2) is 6.04 Å². The summed E-state index contributed by atoms with van der Waals surface area (Å²) < 4.78 is 21.2. The van der Waals surface area contributed by atoms with Crippen molar-refractivity contribution in [3.8, 4) is 5.88 Å². The predicted molar refractivity (Wildman–Crippen MR) is 123 cm³/mol. The van der Waals surface area contributed by atoms with Crippen molar-refractivity contribution < 1.29 is 24.5 Å². The number of H-pyrrole nitrogens is 1. The van der Waals surface area contributed by atoms with E-state index in [0.29, 0.717) is 29.9 Å². The largest absolute Gasteiger partial charge is 0.475 e. The molecule has 0 radical (unpaired) electrons. The van der Waals surface area contributed by atoms with E-state index in [4.69, 9.17) is 9.47 Å². The van der Waals surface area contributed by atoms with Gasteiger partial charge in [-0.15, -0.1) is 4.37 Å². The molecule has 1 aliphatic rings. The number of nitrogens with one attached hydrogen (secondary N) is 1. The summed E-state index contributed by atoms with van der Waals surface area (Å²) in [6.45, 7) is 6.39. The third-order valence-electron chi connectivity index (χ3n) is 6.08. The van der Waals surface area contributed by atoms with Crippen LogP contribution in [0.5, 0.6) is 5.88 Å². The number of carbonyl (C=O) groups excluding carboxylic acids is 1. The lowest BCUT2D eigenvalue weighted by molar-refractivity contribution is -0.944. The highest BCUT2D eigenvalue weighted by molar-refractivity contribution is 6.99. The Bertz CT molecular complexity index is 884. The van der Waals surface area contributed by atoms with Crippen LogP contribution in [0.15, 0.2) is 18.6 Å². The summed E-state index contributed by atoms with van der Waals surface area (Å²) >= 11 is 1.18. The summed E-state index contributed by atoms with van der Waals surface area (Å²) in [5.74, 6) is 0.321. The summed E-state index contributed by atoms with van der Waals surface area (Å²) in [6.07, 6.45) is 11.2. The molecule has 3 rings (SSSR count). The van der Waals surface area contributed by atoms with Crippen molar-refractivity contribution in [1.29, 1.82) is 0 Å². The van der Waals surface area contributed by atoms with Crippen LogP contribution in [0.3, 0.4) is 0 Å². The lowest BCUT2D eigenvalue weighted by atomic mass is 10.0. The van der Waals surface area contributed by atoms with Crippen LogP contribution in [-0.4, -0.2) is 68.2 Å². The second-order valence-electron chi connectivity index (χ2n) is 8.72. The van der Waals surface area contributed by atoms with Crippen LogP contribution in [0.4, 0.5) is 0 Å². The number of hydrogen-bond acceptors (Lipinski definition) is 7. The molecule has 176 valence electrons. The molecule has 1 unspecified atom stereocenters. The number of aromatic nitrogens is 4. The van der Waals surface area contributed by atoms with Crippen molar-refractivity contribution in [2.45, 2.75) is 64.6 Å². The molecule has 0 aliphatic carbocycles. The van der Waals surface area contributed by atoms with E-state index in [2.05, 4.69) is 44.5 Å². The Labute approximate surface area is 193 Å². The molecule has 0 saturated carbocycles. The summed E-state index contributed by atoms with van der Waals surface area (Å²) in [7, 11) is 2.11. The maximum Gasteiger partial charge on any atom is 0.369 e. The number of likely N-dealkylation sites (N-methyl/N-ethyl adjacent to an activating group) is 1. The molecule has 3 heterocycles. The first-order valence-electron chi connectivity index (χ1n) is 11.4. The van der Waals surface area contributed by atoms with E-state index in [0.717, 1.165) is 42.8 Å². The van der Waals surface area contributed by atoms with Gasteiger partial charge in [0.2, 0.25) is 6.23 Å². The van der Waals surface area contributed by atoms with E-state index >= 15 is 0 Å². The zero-order chi connectivity index (χ0) is 23.0. The first-order chi connectivity index (χ1) is 15.4. The molecule has 0 aromatic carbocycles. The number of unbranched alkanes of at least 4 members (excludes halogenated alkanes) is 3. The van der Waals surface area contributed by atoms with Crippen molar-refractivity contribution in [2.24, 2.45) is 0 Å². The van der Waals surface area contributed by atoms with Crippen LogP contribution in [0, 0.1) is 0 Å². The van der Waals surface area contributed by atoms with E-state index in [1.54, 1.807) is 12.5 Å². The van der Waals surface area contributed by atoms with Gasteiger partial charge in [0.1, 0.15) is 12.2 Å². The van der Waals surface area contributed by atoms with Crippen LogP contribution in [0.2, 0.25) is 0 Å². The summed E-state index contributed by atoms with van der Waals surface area (Å²) in [4.78, 5) is 19.6. The van der Waals surface area contributed by atoms with Gasteiger partial charge in [-0.05, 0) is 6.42 Å². The molecule has 0 fully saturated rings. The predicted octanol–water partition coefficient (Wildman–Crippen LogP) is 2.20. The fraction of sp³-hybridized carbons (Fsp3) is 0.636. The number of rotatable bonds is 12. The fourth-order valence-corrected chi connectivity index (χ4v) is 4.39. The minimum absolute atomic E-state index is 0.297. The average Bonchev–Trinajstić information content (AvgIpc) is 3.45. The van der Waals surface area contributed by atoms with Crippen molar-refractivity contribution in [3.05, 3.63) is 30.0 Å². The quantitative estimate of drug-likeness (QED) is 0.282. The van der Waals surface area contributed by atoms with Gasteiger partial charge < -0.3 is 20.2 Å². The van der Waals surface area contributed by atoms with Gasteiger partial charge in [0, 0.05) is 30.8 Å². The smallest absolute Gasteiger partial charge is 0.369 e. The lowest BCUT2D eigenvalue weighted by Gasteiger charge is -2.41. The normalized spacial score (nSPS) is 20.4. The second kappa shape index (κ2) is 11.5. The first-order valence-corrected chi connectivity index (χ1v) is 12.2. The van der Waals surface area contributed by atoms with E-state index < -0.39 is 6.04 Å². The minimum Gasteiger partial charge on any atom is -0.475 e. The van der Waals surface area contributed by atoms with Gasteiger partial charge in [-0.2, -0.15) is 4.37 Å². The maximum absolute atomic E-state index is 12.6. The van der Waals surface area contributed by atoms with E-state index in [1.807, 2.05) is 6.92 Å². The Morgan fingerprint density at radius 2 is 2.19 bits per heavy atom. The molecule has 0 saturated heterocycles. The van der Waals surface area contributed by atoms with Crippen molar-refractivity contribution in [2.75, 3.05) is 26.7 Å². The van der Waals surface area contributed by atoms with Crippen molar-refractivity contribution in [1.82, 2.24) is 18.7 Å². The van der Waals surface area contributed by atoms with Crippen LogP contribution < -0.4 is 10.5 Å². The summed E-state index contributed by atoms with van der Waals surface area (Å²) in [6, 6.07) is -0.486. The zero-order valence-corrected chi connectivity index (χ0v) is 20.2. The molecule has 4 N–H and O–H groups in total. The number of ether oxygens (including phenoxy) is 2. The fourth-order valence-electron chi connectivity index (χ4n) is 3.85. The third kappa shape index (κ3) is 6.36. The van der Waals surface area contributed by atoms with Gasteiger partial charge in [0.05, 0.1) is 44.7 Å². The number of carbonyl (C=O) groups is 1. The molecule has 2 aromatic rings. The van der Waals surface area contributed by atoms with E-state index in [9.17, 15) is 4.79 Å². The van der Waals surface area contributed by atoms with Crippen molar-refractivity contribution >= 4 is 23.3 Å². The second-order valence-corrected chi connectivity index (χ2v) is 9.25. The molecule has 1 aliphatic heterocycles. The van der Waals surface area contributed by atoms with E-state index in [1.165, 1.54) is 24.6 Å². The van der Waals surface area contributed by atoms with Gasteiger partial charge in [-0.3, -0.25) is 4.48 Å². The van der Waals surface area contributed by atoms with Gasteiger partial charge in [0.25, 0.3) is 5.88 Å². The van der Waals surface area contributed by atoms with E-state index in [-0.39, 0.29) is 12.2 Å². The minimum atomic E-state index is -0.486. The number of aromatic amines is 1. The molecular formula is C22H36N6O3S+2. The molecule has 0 amide bonds. The number of esters is 1. The Balaban J connectivity index is 1.57. The number of nitrogens with zero attached hydrogens (tertiary/aromatic N) is 4. The summed E-state index contributed by atoms with van der Waals surface area (Å²) in [5.41, 5.74) is 6.77. The Morgan fingerprint density at radius 3 is 2.94 bits per heavy atom. The molecule has 0 spiro atoms. The highest BCUT2D eigenvalue weighted by Crippen LogP contribution is 2.31. The monoisotopic (exact) mass is 464 g/mol. The average molecular weight is 465 g/mol. The highest BCUT2D eigenvalue weighted by Gasteiger charge is 2.38. The summed E-state index contributed by atoms with van der Waals surface area (Å²) in [5, 5.41) is 0. The molecule has 2 aromatic heterocycles. The lowest BCUT2D eigenvalue weighted by Crippen LogP contribution is -2.67. The Morgan fingerprint density at radius 1 is 1.34 bits per heavy atom. The standard InChI is InChI=1S/C22H35N6O3S/c1-4-5-6-7-11-30-21-20(26-32-27-21)17-9-8-10-28(3,14-17)16(2)31-22(29)19(23)12-18-13-24-15-25-18/h9,13,15-16,19H,4-8,10-12,14,23H2,1-3H3,(H,24,25)/q+1/p+1/t16-,19+,28?/m1/s1. The maximum atomic E-state index is 12.6. The number of imidazole rings is 1. The van der Waals surface area contributed by atoms with Crippen molar-refractivity contribution in [3.63, 3.8) is 0 Å². The number of hydrogen-bond donors (Lipinski definition) is 2. The van der Waals surface area contributed by atoms with Gasteiger partial charge >= 0.3 is 5.97 Å². The first kappa shape index (κ1) is 24.3. The molecule has 10 heteroatoms. The van der Waals surface area contributed by atoms with Crippen LogP contribution >= 0.6 is 11.7 Å². The highest BCUT2D eigenvalue weighted by atomic mass is 32.1. The third-order valence-corrected chi connectivity index (χ3v) is 6.59. The zero-order valence-electron chi connectivity index (χ0n) is 19.4. The van der Waals surface area contributed by atoms with Crippen LogP contribution in [-0.2, 0) is 16.0 Å². The Kier molecular flexibility index (Phi) is 8.77. The molecule has 9 nitrogen and oxygen atoms in total. The van der Waals surface area contributed by atoms with Crippen LogP contribution in [0.25, 0.3) is 5.57 Å². The molecule has 3 atom stereocenters. The molecule has 0 bridgehead atoms. The van der Waals surface area contributed by atoms with Gasteiger partial charge in [-0.25, -0.2) is 9.78 Å². The Hall–Kier alpha value is -2.30. The topological polar surface area (TPSA) is 118 Å². The van der Waals surface area contributed by atoms with Crippen LogP contribution in [0.1, 0.15) is 57.3 Å². The molecular weight excluding hydrogens is 428 g/mol. The molecule has 32 heavy (non-hydrogen) atoms.